The summed E-state index contributed by atoms with van der Waals surface area (Å²) in [6.45, 7) is 0.725. The number of carboxylic acid groups (broad SMARTS) is 1. The summed E-state index contributed by atoms with van der Waals surface area (Å²) in [5.41, 5.74) is 0.297. The van der Waals surface area contributed by atoms with Crippen LogP contribution in [0.3, 0.4) is 0 Å². The summed E-state index contributed by atoms with van der Waals surface area (Å²) in [5, 5.41) is 23.2. The highest BCUT2D eigenvalue weighted by molar-refractivity contribution is 5.95. The summed E-state index contributed by atoms with van der Waals surface area (Å²) in [7, 11) is 0. The standard InChI is InChI=1S/C13H15N3O5/c17-9-4-2-8(3-5-9)10(11(18)19)15-13(21)16-7-1-6-14-12(16)20/h2-5,10,17H,1,6-7H2,(H,14,20)(H,15,21)(H,18,19). The molecular formula is C13H15N3O5. The molecule has 8 nitrogen and oxygen atoms in total. The number of urea groups is 2. The van der Waals surface area contributed by atoms with E-state index in [1.165, 1.54) is 24.3 Å². The molecule has 8 heteroatoms. The molecule has 1 aromatic carbocycles. The molecule has 1 unspecified atom stereocenters. The van der Waals surface area contributed by atoms with Crippen molar-refractivity contribution in [3.8, 4) is 5.75 Å². The number of imide groups is 1. The summed E-state index contributed by atoms with van der Waals surface area (Å²) < 4.78 is 0. The number of rotatable bonds is 3. The van der Waals surface area contributed by atoms with Crippen molar-refractivity contribution in [2.24, 2.45) is 0 Å². The van der Waals surface area contributed by atoms with Crippen LogP contribution in [0.1, 0.15) is 18.0 Å². The van der Waals surface area contributed by atoms with E-state index in [9.17, 15) is 24.6 Å². The molecule has 1 heterocycles. The van der Waals surface area contributed by atoms with Crippen molar-refractivity contribution >= 4 is 18.0 Å². The third-order valence-corrected chi connectivity index (χ3v) is 3.07. The van der Waals surface area contributed by atoms with Crippen LogP contribution < -0.4 is 10.6 Å². The number of carbonyl (C=O) groups is 3. The minimum absolute atomic E-state index is 0.00961. The average molecular weight is 293 g/mol. The molecule has 0 saturated carbocycles. The topological polar surface area (TPSA) is 119 Å². The van der Waals surface area contributed by atoms with E-state index in [1.54, 1.807) is 0 Å². The molecule has 1 atom stereocenters. The van der Waals surface area contributed by atoms with Crippen molar-refractivity contribution in [3.63, 3.8) is 0 Å². The number of aliphatic carboxylic acids is 1. The van der Waals surface area contributed by atoms with Gasteiger partial charge in [-0.05, 0) is 24.1 Å². The Balaban J connectivity index is 2.12. The van der Waals surface area contributed by atoms with Gasteiger partial charge in [-0.2, -0.15) is 0 Å². The molecule has 1 aromatic rings. The third kappa shape index (κ3) is 3.41. The number of amides is 4. The number of carboxylic acids is 1. The van der Waals surface area contributed by atoms with E-state index in [1.807, 2.05) is 0 Å². The van der Waals surface area contributed by atoms with Crippen LogP contribution in [0.5, 0.6) is 5.75 Å². The normalized spacial score (nSPS) is 16.0. The predicted molar refractivity (Wildman–Crippen MR) is 71.7 cm³/mol. The SMILES string of the molecule is O=C(O)C(NC(=O)N1CCCNC1=O)c1ccc(O)cc1. The van der Waals surface area contributed by atoms with Gasteiger partial charge in [-0.1, -0.05) is 12.1 Å². The third-order valence-electron chi connectivity index (χ3n) is 3.07. The number of nitrogens with zero attached hydrogens (tertiary/aromatic N) is 1. The number of benzene rings is 1. The molecule has 0 aromatic heterocycles. The number of aromatic hydroxyl groups is 1. The molecule has 0 aliphatic carbocycles. The van der Waals surface area contributed by atoms with Crippen molar-refractivity contribution in [2.75, 3.05) is 13.1 Å². The van der Waals surface area contributed by atoms with Crippen LogP contribution in [0.2, 0.25) is 0 Å². The van der Waals surface area contributed by atoms with Gasteiger partial charge in [-0.3, -0.25) is 0 Å². The molecule has 1 aliphatic rings. The average Bonchev–Trinajstić information content (AvgIpc) is 2.46. The zero-order valence-corrected chi connectivity index (χ0v) is 11.1. The predicted octanol–water partition coefficient (Wildman–Crippen LogP) is 0.643. The van der Waals surface area contributed by atoms with Gasteiger partial charge in [0.1, 0.15) is 5.75 Å². The smallest absolute Gasteiger partial charge is 0.330 e. The fourth-order valence-corrected chi connectivity index (χ4v) is 1.98. The lowest BCUT2D eigenvalue weighted by Gasteiger charge is -2.27. The fraction of sp³-hybridized carbons (Fsp3) is 0.308. The maximum Gasteiger partial charge on any atom is 0.330 e. The van der Waals surface area contributed by atoms with Crippen LogP contribution in [0.4, 0.5) is 9.59 Å². The molecule has 112 valence electrons. The molecule has 4 amide bonds. The van der Waals surface area contributed by atoms with Gasteiger partial charge >= 0.3 is 18.0 Å². The first kappa shape index (κ1) is 14.6. The molecule has 0 bridgehead atoms. The van der Waals surface area contributed by atoms with E-state index in [4.69, 9.17) is 0 Å². The Morgan fingerprint density at radius 2 is 1.95 bits per heavy atom. The van der Waals surface area contributed by atoms with Crippen molar-refractivity contribution in [1.82, 2.24) is 15.5 Å². The summed E-state index contributed by atoms with van der Waals surface area (Å²) in [6, 6.07) is 2.82. The minimum atomic E-state index is -1.30. The Morgan fingerprint density at radius 1 is 1.29 bits per heavy atom. The van der Waals surface area contributed by atoms with Crippen LogP contribution in [0.25, 0.3) is 0 Å². The summed E-state index contributed by atoms with van der Waals surface area (Å²) >= 11 is 0. The Kier molecular flexibility index (Phi) is 4.27. The van der Waals surface area contributed by atoms with Crippen LogP contribution >= 0.6 is 0 Å². The molecule has 0 radical (unpaired) electrons. The largest absolute Gasteiger partial charge is 0.508 e. The fourth-order valence-electron chi connectivity index (χ4n) is 1.98. The van der Waals surface area contributed by atoms with Crippen LogP contribution in [0.15, 0.2) is 24.3 Å². The van der Waals surface area contributed by atoms with Crippen molar-refractivity contribution in [2.45, 2.75) is 12.5 Å². The lowest BCUT2D eigenvalue weighted by Crippen LogP contribution is -2.53. The minimum Gasteiger partial charge on any atom is -0.508 e. The van der Waals surface area contributed by atoms with Gasteiger partial charge in [0, 0.05) is 13.1 Å². The summed E-state index contributed by atoms with van der Waals surface area (Å²) in [4.78, 5) is 35.8. The van der Waals surface area contributed by atoms with Crippen molar-refractivity contribution in [1.29, 1.82) is 0 Å². The first-order valence-electron chi connectivity index (χ1n) is 6.36. The van der Waals surface area contributed by atoms with Crippen LogP contribution in [-0.4, -0.2) is 46.2 Å². The molecule has 4 N–H and O–H groups in total. The Labute approximate surface area is 120 Å². The van der Waals surface area contributed by atoms with Crippen LogP contribution in [-0.2, 0) is 4.79 Å². The highest BCUT2D eigenvalue weighted by Crippen LogP contribution is 2.17. The maximum atomic E-state index is 12.0. The van der Waals surface area contributed by atoms with Gasteiger partial charge in [0.05, 0.1) is 0 Å². The molecule has 0 spiro atoms. The summed E-state index contributed by atoms with van der Waals surface area (Å²) in [6.07, 6.45) is 0.607. The first-order valence-corrected chi connectivity index (χ1v) is 6.36. The lowest BCUT2D eigenvalue weighted by atomic mass is 10.1. The van der Waals surface area contributed by atoms with E-state index >= 15 is 0 Å². The number of phenolic OH excluding ortho intramolecular Hbond substituents is 1. The monoisotopic (exact) mass is 293 g/mol. The zero-order valence-electron chi connectivity index (χ0n) is 11.1. The van der Waals surface area contributed by atoms with Gasteiger partial charge in [-0.25, -0.2) is 19.3 Å². The van der Waals surface area contributed by atoms with Crippen molar-refractivity contribution in [3.05, 3.63) is 29.8 Å². The molecule has 21 heavy (non-hydrogen) atoms. The van der Waals surface area contributed by atoms with Gasteiger partial charge in [0.2, 0.25) is 0 Å². The molecule has 1 saturated heterocycles. The van der Waals surface area contributed by atoms with Gasteiger partial charge in [-0.15, -0.1) is 0 Å². The van der Waals surface area contributed by atoms with Gasteiger partial charge in [0.25, 0.3) is 0 Å². The number of phenols is 1. The van der Waals surface area contributed by atoms with Gasteiger partial charge in [0.15, 0.2) is 6.04 Å². The second kappa shape index (κ2) is 6.12. The lowest BCUT2D eigenvalue weighted by molar-refractivity contribution is -0.139. The Morgan fingerprint density at radius 3 is 2.52 bits per heavy atom. The maximum absolute atomic E-state index is 12.0. The second-order valence-electron chi connectivity index (χ2n) is 4.55. The van der Waals surface area contributed by atoms with E-state index in [0.29, 0.717) is 18.5 Å². The van der Waals surface area contributed by atoms with E-state index < -0.39 is 24.1 Å². The molecule has 1 aliphatic heterocycles. The molecular weight excluding hydrogens is 278 g/mol. The molecule has 1 fully saturated rings. The van der Waals surface area contributed by atoms with Gasteiger partial charge < -0.3 is 20.8 Å². The number of carbonyl (C=O) groups excluding carboxylic acids is 2. The van der Waals surface area contributed by atoms with Crippen molar-refractivity contribution < 1.29 is 24.6 Å². The van der Waals surface area contributed by atoms with Crippen LogP contribution in [0, 0.1) is 0 Å². The highest BCUT2D eigenvalue weighted by atomic mass is 16.4. The van der Waals surface area contributed by atoms with E-state index in [2.05, 4.69) is 10.6 Å². The highest BCUT2D eigenvalue weighted by Gasteiger charge is 2.29. The quantitative estimate of drug-likeness (QED) is 0.652. The Hall–Kier alpha value is -2.77. The summed E-state index contributed by atoms with van der Waals surface area (Å²) in [5.74, 6) is -1.27. The van der Waals surface area contributed by atoms with E-state index in [0.717, 1.165) is 4.90 Å². The Bertz CT molecular complexity index is 557. The zero-order chi connectivity index (χ0) is 15.4. The van der Waals surface area contributed by atoms with E-state index in [-0.39, 0.29) is 12.3 Å². The second-order valence-corrected chi connectivity index (χ2v) is 4.55. The molecule has 2 rings (SSSR count). The number of hydrogen-bond donors (Lipinski definition) is 4. The number of hydrogen-bond acceptors (Lipinski definition) is 4. The number of nitrogens with one attached hydrogen (secondary N) is 2. The first-order chi connectivity index (χ1) is 9.99.